The van der Waals surface area contributed by atoms with Crippen LogP contribution in [-0.2, 0) is 9.53 Å². The van der Waals surface area contributed by atoms with Crippen molar-refractivity contribution in [2.45, 2.75) is 31.3 Å². The van der Waals surface area contributed by atoms with Gasteiger partial charge in [-0.2, -0.15) is 0 Å². The highest BCUT2D eigenvalue weighted by molar-refractivity contribution is 5.89. The molecule has 1 aliphatic heterocycles. The number of rotatable bonds is 6. The number of carbonyl (C=O) groups is 1. The van der Waals surface area contributed by atoms with Crippen LogP contribution in [-0.4, -0.2) is 50.5 Å². The number of Topliss-reactive ketones (excluding diaryl/α,β-unsaturated/α-hetero) is 1. The van der Waals surface area contributed by atoms with Gasteiger partial charge in [0.15, 0.2) is 5.60 Å². The third kappa shape index (κ3) is 3.70. The van der Waals surface area contributed by atoms with E-state index < -0.39 is 48.2 Å². The molecule has 0 spiro atoms. The van der Waals surface area contributed by atoms with E-state index in [2.05, 4.69) is 4.98 Å². The molecule has 1 aliphatic rings. The highest BCUT2D eigenvalue weighted by Gasteiger charge is 2.53. The van der Waals surface area contributed by atoms with E-state index in [1.54, 1.807) is 30.3 Å². The van der Waals surface area contributed by atoms with Gasteiger partial charge in [0.1, 0.15) is 24.7 Å². The molecule has 1 fully saturated rings. The first-order valence-electron chi connectivity index (χ1n) is 8.37. The van der Waals surface area contributed by atoms with E-state index in [1.807, 2.05) is 0 Å². The lowest BCUT2D eigenvalue weighted by Gasteiger charge is -2.25. The molecule has 2 heterocycles. The zero-order chi connectivity index (χ0) is 19.6. The fourth-order valence-electron chi connectivity index (χ4n) is 2.99. The van der Waals surface area contributed by atoms with Crippen LogP contribution in [0.15, 0.2) is 46.1 Å². The lowest BCUT2D eigenvalue weighted by molar-refractivity contribution is -0.148. The summed E-state index contributed by atoms with van der Waals surface area (Å²) in [5.41, 5.74) is -3.02. The molecular weight excluding hydrogens is 356 g/mol. The van der Waals surface area contributed by atoms with Gasteiger partial charge in [-0.25, -0.2) is 4.79 Å². The minimum absolute atomic E-state index is 0.263. The first-order chi connectivity index (χ1) is 12.8. The fraction of sp³-hybridized carbons (Fsp3) is 0.389. The van der Waals surface area contributed by atoms with Crippen LogP contribution < -0.4 is 16.0 Å². The van der Waals surface area contributed by atoms with Crippen molar-refractivity contribution >= 4 is 5.78 Å². The number of ether oxygens (including phenoxy) is 2. The number of aliphatic hydroxyl groups excluding tert-OH is 1. The van der Waals surface area contributed by atoms with Crippen molar-refractivity contribution in [3.05, 3.63) is 62.9 Å². The number of aromatic nitrogens is 2. The van der Waals surface area contributed by atoms with Gasteiger partial charge in [-0.3, -0.25) is 19.1 Å². The number of hydrogen-bond donors (Lipinski definition) is 3. The average Bonchev–Trinajstić information content (AvgIpc) is 3.01. The predicted molar refractivity (Wildman–Crippen MR) is 93.6 cm³/mol. The number of aliphatic hydroxyl groups is 2. The Hall–Kier alpha value is -2.75. The molecule has 0 aliphatic carbocycles. The maximum absolute atomic E-state index is 12.6. The number of aryl methyl sites for hydroxylation is 1. The molecular formula is C18H20N2O7. The third-order valence-electron chi connectivity index (χ3n) is 4.56. The minimum atomic E-state index is -2.03. The Labute approximate surface area is 153 Å². The van der Waals surface area contributed by atoms with Gasteiger partial charge in [0, 0.05) is 18.2 Å². The van der Waals surface area contributed by atoms with Crippen LogP contribution in [0.1, 0.15) is 18.2 Å². The summed E-state index contributed by atoms with van der Waals surface area (Å²) in [6.07, 6.45) is -1.22. The zero-order valence-electron chi connectivity index (χ0n) is 14.6. The number of ketones is 1. The highest BCUT2D eigenvalue weighted by Crippen LogP contribution is 2.36. The van der Waals surface area contributed by atoms with Crippen molar-refractivity contribution in [2.24, 2.45) is 0 Å². The molecule has 1 aromatic carbocycles. The van der Waals surface area contributed by atoms with Gasteiger partial charge in [0.2, 0.25) is 5.78 Å². The molecule has 3 rings (SSSR count). The molecule has 3 N–H and O–H groups in total. The van der Waals surface area contributed by atoms with Crippen LogP contribution in [0.5, 0.6) is 5.75 Å². The number of carbonyl (C=O) groups excluding carboxylic acids is 1. The van der Waals surface area contributed by atoms with Crippen LogP contribution in [0, 0.1) is 6.92 Å². The lowest BCUT2D eigenvalue weighted by atomic mass is 9.90. The number of benzene rings is 1. The van der Waals surface area contributed by atoms with E-state index in [1.165, 1.54) is 13.1 Å². The van der Waals surface area contributed by atoms with E-state index >= 15 is 0 Å². The van der Waals surface area contributed by atoms with Crippen molar-refractivity contribution in [1.29, 1.82) is 0 Å². The molecule has 1 aromatic heterocycles. The molecule has 27 heavy (non-hydrogen) atoms. The number of para-hydroxylation sites is 1. The molecule has 0 bridgehead atoms. The maximum Gasteiger partial charge on any atom is 0.330 e. The molecule has 144 valence electrons. The van der Waals surface area contributed by atoms with Crippen molar-refractivity contribution in [3.63, 3.8) is 0 Å². The summed E-state index contributed by atoms with van der Waals surface area (Å²) in [7, 11) is 0. The molecule has 1 saturated heterocycles. The molecule has 0 radical (unpaired) electrons. The molecule has 2 aromatic rings. The van der Waals surface area contributed by atoms with Crippen LogP contribution in [0.25, 0.3) is 0 Å². The summed E-state index contributed by atoms with van der Waals surface area (Å²) < 4.78 is 12.0. The van der Waals surface area contributed by atoms with Gasteiger partial charge < -0.3 is 19.7 Å². The molecule has 0 amide bonds. The number of nitrogens with zero attached hydrogens (tertiary/aromatic N) is 1. The summed E-state index contributed by atoms with van der Waals surface area (Å²) in [6.45, 7) is 0.464. The zero-order valence-corrected chi connectivity index (χ0v) is 14.6. The SMILES string of the molecule is Cc1cn([C@H]2C[C@@](O)(C(=O)COc3ccccc3)[C@@H](CO)O2)c(=O)[nH]c1=O. The molecule has 3 atom stereocenters. The third-order valence-corrected chi connectivity index (χ3v) is 4.56. The van der Waals surface area contributed by atoms with E-state index in [0.717, 1.165) is 4.57 Å². The van der Waals surface area contributed by atoms with Crippen molar-refractivity contribution in [1.82, 2.24) is 9.55 Å². The Balaban J connectivity index is 1.80. The minimum Gasteiger partial charge on any atom is -0.486 e. The largest absolute Gasteiger partial charge is 0.486 e. The van der Waals surface area contributed by atoms with Crippen molar-refractivity contribution in [3.8, 4) is 5.75 Å². The van der Waals surface area contributed by atoms with Gasteiger partial charge in [-0.1, -0.05) is 18.2 Å². The smallest absolute Gasteiger partial charge is 0.330 e. The van der Waals surface area contributed by atoms with Crippen LogP contribution in [0.4, 0.5) is 0 Å². The Morgan fingerprint density at radius 3 is 2.74 bits per heavy atom. The number of aromatic amines is 1. The topological polar surface area (TPSA) is 131 Å². The van der Waals surface area contributed by atoms with Gasteiger partial charge in [0.25, 0.3) is 5.56 Å². The number of nitrogens with one attached hydrogen (secondary N) is 1. The summed E-state index contributed by atoms with van der Waals surface area (Å²) in [5, 5.41) is 20.4. The number of hydrogen-bond acceptors (Lipinski definition) is 7. The van der Waals surface area contributed by atoms with E-state index in [0.29, 0.717) is 5.75 Å². The van der Waals surface area contributed by atoms with Gasteiger partial charge in [0.05, 0.1) is 6.61 Å². The van der Waals surface area contributed by atoms with Gasteiger partial charge in [-0.15, -0.1) is 0 Å². The normalized spacial score (nSPS) is 24.7. The molecule has 9 nitrogen and oxygen atoms in total. The Bertz CT molecular complexity index is 937. The fourth-order valence-corrected chi connectivity index (χ4v) is 2.99. The van der Waals surface area contributed by atoms with E-state index in [-0.39, 0.29) is 12.0 Å². The second-order valence-corrected chi connectivity index (χ2v) is 6.39. The second kappa shape index (κ2) is 7.47. The van der Waals surface area contributed by atoms with Crippen LogP contribution >= 0.6 is 0 Å². The van der Waals surface area contributed by atoms with Crippen molar-refractivity contribution < 1.29 is 24.5 Å². The van der Waals surface area contributed by atoms with E-state index in [9.17, 15) is 24.6 Å². The maximum atomic E-state index is 12.6. The molecule has 0 saturated carbocycles. The average molecular weight is 376 g/mol. The summed E-state index contributed by atoms with van der Waals surface area (Å²) in [4.78, 5) is 38.3. The molecule has 0 unspecified atom stereocenters. The second-order valence-electron chi connectivity index (χ2n) is 6.39. The Morgan fingerprint density at radius 2 is 2.07 bits per heavy atom. The highest BCUT2D eigenvalue weighted by atomic mass is 16.6. The van der Waals surface area contributed by atoms with Crippen LogP contribution in [0.2, 0.25) is 0 Å². The first kappa shape index (κ1) is 19.0. The van der Waals surface area contributed by atoms with Crippen molar-refractivity contribution in [2.75, 3.05) is 13.2 Å². The quantitative estimate of drug-likeness (QED) is 0.620. The summed E-state index contributed by atoms with van der Waals surface area (Å²) in [5.74, 6) is -0.222. The number of H-pyrrole nitrogens is 1. The lowest BCUT2D eigenvalue weighted by Crippen LogP contribution is -2.50. The first-order valence-corrected chi connectivity index (χ1v) is 8.37. The standard InChI is InChI=1S/C18H20N2O7/c1-11-8-20(17(24)19-16(11)23)15-7-18(25,14(9-21)27-15)13(22)10-26-12-5-3-2-4-6-12/h2-6,8,14-15,21,25H,7,9-10H2,1H3,(H,19,23,24)/t14-,15-,18-/m1/s1. The van der Waals surface area contributed by atoms with Gasteiger partial charge in [-0.05, 0) is 19.1 Å². The van der Waals surface area contributed by atoms with E-state index in [4.69, 9.17) is 9.47 Å². The Morgan fingerprint density at radius 1 is 1.37 bits per heavy atom. The summed E-state index contributed by atoms with van der Waals surface area (Å²) in [6, 6.07) is 8.60. The van der Waals surface area contributed by atoms with Gasteiger partial charge >= 0.3 is 5.69 Å². The predicted octanol–water partition coefficient (Wildman–Crippen LogP) is -0.496. The monoisotopic (exact) mass is 376 g/mol. The Kier molecular flexibility index (Phi) is 5.26. The van der Waals surface area contributed by atoms with Crippen LogP contribution in [0.3, 0.4) is 0 Å². The summed E-state index contributed by atoms with van der Waals surface area (Å²) >= 11 is 0. The molecule has 9 heteroatoms.